The predicted octanol–water partition coefficient (Wildman–Crippen LogP) is 3.69. The Morgan fingerprint density at radius 2 is 1.85 bits per heavy atom. The molecule has 1 fully saturated rings. The van der Waals surface area contributed by atoms with Crippen LogP contribution in [0.5, 0.6) is 0 Å². The highest BCUT2D eigenvalue weighted by Crippen LogP contribution is 2.23. The number of halogens is 3. The molecule has 1 aliphatic rings. The number of rotatable bonds is 3. The molecule has 0 unspecified atom stereocenters. The standard InChI is InChI=1S/C18H19F3N4O/c1-10-5-7-25(8-6-10)15-9-14(22-11(2)23-15)18(26)24-13-4-3-12(19)16(20)17(13)21/h3-4,9-10H,5-8H2,1-2H3,(H,24,26). The molecule has 0 atom stereocenters. The maximum atomic E-state index is 13.8. The van der Waals surface area contributed by atoms with E-state index in [1.807, 2.05) is 0 Å². The molecule has 0 radical (unpaired) electrons. The van der Waals surface area contributed by atoms with Crippen LogP contribution in [0.15, 0.2) is 18.2 Å². The highest BCUT2D eigenvalue weighted by molar-refractivity contribution is 6.03. The summed E-state index contributed by atoms with van der Waals surface area (Å²) in [6.07, 6.45) is 2.06. The Labute approximate surface area is 149 Å². The van der Waals surface area contributed by atoms with E-state index in [9.17, 15) is 18.0 Å². The summed E-state index contributed by atoms with van der Waals surface area (Å²) >= 11 is 0. The molecule has 1 amide bonds. The second-order valence-corrected chi connectivity index (χ2v) is 6.51. The van der Waals surface area contributed by atoms with Crippen LogP contribution in [-0.2, 0) is 0 Å². The first-order valence-electron chi connectivity index (χ1n) is 8.40. The van der Waals surface area contributed by atoms with Crippen LogP contribution in [0.2, 0.25) is 0 Å². The molecule has 0 saturated carbocycles. The largest absolute Gasteiger partial charge is 0.356 e. The molecule has 1 saturated heterocycles. The van der Waals surface area contributed by atoms with E-state index < -0.39 is 29.0 Å². The molecular weight excluding hydrogens is 345 g/mol. The minimum atomic E-state index is -1.63. The topological polar surface area (TPSA) is 58.1 Å². The van der Waals surface area contributed by atoms with Crippen molar-refractivity contribution in [1.29, 1.82) is 0 Å². The number of hydrogen-bond donors (Lipinski definition) is 1. The van der Waals surface area contributed by atoms with Gasteiger partial charge in [0.1, 0.15) is 17.3 Å². The third-order valence-corrected chi connectivity index (χ3v) is 4.45. The molecule has 2 aromatic rings. The van der Waals surface area contributed by atoms with Crippen molar-refractivity contribution in [2.45, 2.75) is 26.7 Å². The molecule has 0 bridgehead atoms. The summed E-state index contributed by atoms with van der Waals surface area (Å²) < 4.78 is 40.1. The number of nitrogens with zero attached hydrogens (tertiary/aromatic N) is 3. The number of amides is 1. The van der Waals surface area contributed by atoms with Crippen molar-refractivity contribution in [1.82, 2.24) is 9.97 Å². The van der Waals surface area contributed by atoms with Crippen molar-refractivity contribution >= 4 is 17.4 Å². The van der Waals surface area contributed by atoms with Crippen LogP contribution in [0, 0.1) is 30.3 Å². The number of anilines is 2. The maximum Gasteiger partial charge on any atom is 0.274 e. The van der Waals surface area contributed by atoms with Gasteiger partial charge in [-0.1, -0.05) is 6.92 Å². The zero-order valence-electron chi connectivity index (χ0n) is 14.5. The Bertz CT molecular complexity index is 835. The van der Waals surface area contributed by atoms with Crippen molar-refractivity contribution in [3.8, 4) is 0 Å². The minimum Gasteiger partial charge on any atom is -0.356 e. The van der Waals surface area contributed by atoms with E-state index in [-0.39, 0.29) is 5.69 Å². The lowest BCUT2D eigenvalue weighted by molar-refractivity contribution is 0.102. The zero-order chi connectivity index (χ0) is 18.8. The smallest absolute Gasteiger partial charge is 0.274 e. The van der Waals surface area contributed by atoms with Gasteiger partial charge in [-0.2, -0.15) is 0 Å². The highest BCUT2D eigenvalue weighted by Gasteiger charge is 2.21. The lowest BCUT2D eigenvalue weighted by Gasteiger charge is -2.31. The number of carbonyl (C=O) groups is 1. The van der Waals surface area contributed by atoms with E-state index in [2.05, 4.69) is 27.1 Å². The minimum absolute atomic E-state index is 0.0373. The molecule has 1 aromatic carbocycles. The Morgan fingerprint density at radius 3 is 2.54 bits per heavy atom. The average Bonchev–Trinajstić information content (AvgIpc) is 2.62. The van der Waals surface area contributed by atoms with E-state index in [1.54, 1.807) is 6.92 Å². The van der Waals surface area contributed by atoms with E-state index in [0.717, 1.165) is 38.1 Å². The van der Waals surface area contributed by atoms with Crippen LogP contribution >= 0.6 is 0 Å². The van der Waals surface area contributed by atoms with Crippen LogP contribution in [0.4, 0.5) is 24.7 Å². The van der Waals surface area contributed by atoms with Gasteiger partial charge in [-0.25, -0.2) is 23.1 Å². The van der Waals surface area contributed by atoms with Gasteiger partial charge in [0.2, 0.25) is 0 Å². The van der Waals surface area contributed by atoms with Crippen molar-refractivity contribution < 1.29 is 18.0 Å². The van der Waals surface area contributed by atoms with Crippen molar-refractivity contribution in [3.63, 3.8) is 0 Å². The van der Waals surface area contributed by atoms with Gasteiger partial charge in [0.25, 0.3) is 5.91 Å². The van der Waals surface area contributed by atoms with E-state index in [0.29, 0.717) is 17.6 Å². The molecule has 138 valence electrons. The zero-order valence-corrected chi connectivity index (χ0v) is 14.5. The molecule has 1 aliphatic heterocycles. The fourth-order valence-corrected chi connectivity index (χ4v) is 2.88. The van der Waals surface area contributed by atoms with Crippen LogP contribution in [-0.4, -0.2) is 29.0 Å². The SMILES string of the molecule is Cc1nc(C(=O)Nc2ccc(F)c(F)c2F)cc(N2CCC(C)CC2)n1. The van der Waals surface area contributed by atoms with Gasteiger partial charge in [-0.05, 0) is 37.8 Å². The molecule has 0 aliphatic carbocycles. The highest BCUT2D eigenvalue weighted by atomic mass is 19.2. The first-order valence-corrected chi connectivity index (χ1v) is 8.40. The van der Waals surface area contributed by atoms with Gasteiger partial charge in [-0.15, -0.1) is 0 Å². The molecule has 5 nitrogen and oxygen atoms in total. The van der Waals surface area contributed by atoms with Gasteiger partial charge in [0.15, 0.2) is 17.5 Å². The van der Waals surface area contributed by atoms with Crippen LogP contribution in [0.1, 0.15) is 36.1 Å². The summed E-state index contributed by atoms with van der Waals surface area (Å²) in [5.74, 6) is -3.45. The summed E-state index contributed by atoms with van der Waals surface area (Å²) in [7, 11) is 0. The number of aromatic nitrogens is 2. The second-order valence-electron chi connectivity index (χ2n) is 6.51. The van der Waals surface area contributed by atoms with E-state index in [1.165, 1.54) is 6.07 Å². The summed E-state index contributed by atoms with van der Waals surface area (Å²) in [4.78, 5) is 22.9. The number of nitrogens with one attached hydrogen (secondary N) is 1. The Balaban J connectivity index is 1.83. The number of carbonyl (C=O) groups excluding carboxylic acids is 1. The van der Waals surface area contributed by atoms with Crippen molar-refractivity contribution in [2.75, 3.05) is 23.3 Å². The van der Waals surface area contributed by atoms with Gasteiger partial charge in [0.05, 0.1) is 5.69 Å². The third-order valence-electron chi connectivity index (χ3n) is 4.45. The molecule has 1 N–H and O–H groups in total. The summed E-state index contributed by atoms with van der Waals surface area (Å²) in [5.41, 5.74) is -0.409. The second kappa shape index (κ2) is 7.31. The monoisotopic (exact) mass is 364 g/mol. The van der Waals surface area contributed by atoms with Crippen LogP contribution < -0.4 is 10.2 Å². The molecule has 2 heterocycles. The van der Waals surface area contributed by atoms with Crippen LogP contribution in [0.25, 0.3) is 0 Å². The fourth-order valence-electron chi connectivity index (χ4n) is 2.88. The van der Waals surface area contributed by atoms with E-state index in [4.69, 9.17) is 0 Å². The number of piperidine rings is 1. The molecule has 3 rings (SSSR count). The maximum absolute atomic E-state index is 13.8. The first kappa shape index (κ1) is 18.2. The normalized spacial score (nSPS) is 15.2. The number of aryl methyl sites for hydroxylation is 1. The Morgan fingerprint density at radius 1 is 1.15 bits per heavy atom. The summed E-state index contributed by atoms with van der Waals surface area (Å²) in [6, 6.07) is 3.24. The van der Waals surface area contributed by atoms with E-state index >= 15 is 0 Å². The molecule has 26 heavy (non-hydrogen) atoms. The Hall–Kier alpha value is -2.64. The van der Waals surface area contributed by atoms with Gasteiger partial charge in [0, 0.05) is 19.2 Å². The summed E-state index contributed by atoms with van der Waals surface area (Å²) in [5, 5.41) is 2.23. The lowest BCUT2D eigenvalue weighted by atomic mass is 9.99. The predicted molar refractivity (Wildman–Crippen MR) is 91.6 cm³/mol. The van der Waals surface area contributed by atoms with Gasteiger partial charge >= 0.3 is 0 Å². The average molecular weight is 364 g/mol. The summed E-state index contributed by atoms with van der Waals surface area (Å²) in [6.45, 7) is 5.51. The molecule has 8 heteroatoms. The number of hydrogen-bond acceptors (Lipinski definition) is 4. The lowest BCUT2D eigenvalue weighted by Crippen LogP contribution is -2.34. The molecular formula is C18H19F3N4O. The molecule has 1 aromatic heterocycles. The van der Waals surface area contributed by atoms with Gasteiger partial charge in [-0.3, -0.25) is 4.79 Å². The van der Waals surface area contributed by atoms with Gasteiger partial charge < -0.3 is 10.2 Å². The number of benzene rings is 1. The fraction of sp³-hybridized carbons (Fsp3) is 0.389. The van der Waals surface area contributed by atoms with Crippen LogP contribution in [0.3, 0.4) is 0 Å². The van der Waals surface area contributed by atoms with Crippen molar-refractivity contribution in [3.05, 3.63) is 47.2 Å². The Kier molecular flexibility index (Phi) is 5.11. The third kappa shape index (κ3) is 3.79. The first-order chi connectivity index (χ1) is 12.3. The quantitative estimate of drug-likeness (QED) is 0.844. The van der Waals surface area contributed by atoms with Crippen molar-refractivity contribution in [2.24, 2.45) is 5.92 Å². The molecule has 0 spiro atoms.